The van der Waals surface area contributed by atoms with Gasteiger partial charge in [-0.2, -0.15) is 0 Å². The molecule has 0 aliphatic heterocycles. The van der Waals surface area contributed by atoms with Crippen molar-refractivity contribution in [1.82, 2.24) is 5.32 Å². The molecule has 0 heterocycles. The number of amides is 1. The van der Waals surface area contributed by atoms with Crippen molar-refractivity contribution >= 4 is 5.91 Å². The lowest BCUT2D eigenvalue weighted by atomic mass is 10.1. The lowest BCUT2D eigenvalue weighted by molar-refractivity contribution is -0.122. The van der Waals surface area contributed by atoms with E-state index in [-0.39, 0.29) is 17.2 Å². The molecule has 3 nitrogen and oxygen atoms in total. The molecule has 13 heavy (non-hydrogen) atoms. The normalized spacial score (nSPS) is 24.1. The average Bonchev–Trinajstić information content (AvgIpc) is 2.69. The van der Waals surface area contributed by atoms with Gasteiger partial charge in [0, 0.05) is 12.5 Å². The summed E-state index contributed by atoms with van der Waals surface area (Å²) >= 11 is 0. The number of unbranched alkanes of at least 4 members (excludes halogenated alkanes) is 1. The minimum Gasteiger partial charge on any atom is -0.356 e. The summed E-state index contributed by atoms with van der Waals surface area (Å²) in [6, 6.07) is 0. The molecule has 3 N–H and O–H groups in total. The van der Waals surface area contributed by atoms with Crippen LogP contribution in [0.3, 0.4) is 0 Å². The van der Waals surface area contributed by atoms with Gasteiger partial charge >= 0.3 is 0 Å². The van der Waals surface area contributed by atoms with Gasteiger partial charge < -0.3 is 11.1 Å². The van der Waals surface area contributed by atoms with Gasteiger partial charge in [0.15, 0.2) is 0 Å². The van der Waals surface area contributed by atoms with Gasteiger partial charge in [0.25, 0.3) is 0 Å². The Labute approximate surface area is 80.1 Å². The molecule has 3 heteroatoms. The Balaban J connectivity index is 2.06. The molecule has 1 rings (SSSR count). The van der Waals surface area contributed by atoms with E-state index in [0.717, 1.165) is 25.8 Å². The van der Waals surface area contributed by atoms with Crippen molar-refractivity contribution in [3.63, 3.8) is 0 Å². The maximum absolute atomic E-state index is 11.4. The summed E-state index contributed by atoms with van der Waals surface area (Å²) in [5, 5.41) is 2.94. The first-order chi connectivity index (χ1) is 6.08. The molecule has 1 fully saturated rings. The minimum atomic E-state index is 0.224. The van der Waals surface area contributed by atoms with E-state index in [0.29, 0.717) is 6.54 Å². The lowest BCUT2D eigenvalue weighted by Crippen LogP contribution is -2.27. The van der Waals surface area contributed by atoms with Gasteiger partial charge in [-0.3, -0.25) is 4.79 Å². The zero-order valence-corrected chi connectivity index (χ0v) is 8.60. The van der Waals surface area contributed by atoms with Crippen LogP contribution < -0.4 is 11.1 Å². The van der Waals surface area contributed by atoms with Crippen molar-refractivity contribution in [3.8, 4) is 0 Å². The van der Waals surface area contributed by atoms with Crippen LogP contribution in [-0.4, -0.2) is 19.0 Å². The van der Waals surface area contributed by atoms with E-state index in [2.05, 4.69) is 19.2 Å². The monoisotopic (exact) mass is 184 g/mol. The van der Waals surface area contributed by atoms with E-state index in [4.69, 9.17) is 5.73 Å². The summed E-state index contributed by atoms with van der Waals surface area (Å²) in [4.78, 5) is 11.4. The lowest BCUT2D eigenvalue weighted by Gasteiger charge is -2.05. The zero-order valence-electron chi connectivity index (χ0n) is 8.60. The molecule has 1 atom stereocenters. The standard InChI is InChI=1S/C10H20N2O/c1-10(2)7-8(10)9(13)12-6-4-3-5-11/h8H,3-7,11H2,1-2H3,(H,12,13). The van der Waals surface area contributed by atoms with Crippen molar-refractivity contribution in [3.05, 3.63) is 0 Å². The number of carbonyl (C=O) groups excluding carboxylic acids is 1. The molecule has 0 bridgehead atoms. The predicted octanol–water partition coefficient (Wildman–Crippen LogP) is 0.888. The summed E-state index contributed by atoms with van der Waals surface area (Å²) in [5.41, 5.74) is 5.60. The number of nitrogens with two attached hydrogens (primary N) is 1. The first-order valence-corrected chi connectivity index (χ1v) is 5.06. The fourth-order valence-corrected chi connectivity index (χ4v) is 1.52. The third kappa shape index (κ3) is 2.99. The Morgan fingerprint density at radius 1 is 1.54 bits per heavy atom. The van der Waals surface area contributed by atoms with Crippen LogP contribution in [0.5, 0.6) is 0 Å². The highest BCUT2D eigenvalue weighted by atomic mass is 16.2. The topological polar surface area (TPSA) is 55.1 Å². The molecule has 0 aromatic heterocycles. The molecule has 0 aromatic carbocycles. The van der Waals surface area contributed by atoms with E-state index in [1.54, 1.807) is 0 Å². The van der Waals surface area contributed by atoms with E-state index in [1.807, 2.05) is 0 Å². The summed E-state index contributed by atoms with van der Waals surface area (Å²) < 4.78 is 0. The minimum absolute atomic E-state index is 0.224. The van der Waals surface area contributed by atoms with Crippen LogP contribution in [0.2, 0.25) is 0 Å². The van der Waals surface area contributed by atoms with E-state index in [1.165, 1.54) is 0 Å². The maximum Gasteiger partial charge on any atom is 0.223 e. The van der Waals surface area contributed by atoms with Crippen LogP contribution >= 0.6 is 0 Å². The van der Waals surface area contributed by atoms with Gasteiger partial charge in [-0.05, 0) is 31.2 Å². The first kappa shape index (κ1) is 10.5. The fraction of sp³-hybridized carbons (Fsp3) is 0.900. The van der Waals surface area contributed by atoms with Crippen LogP contribution in [-0.2, 0) is 4.79 Å². The Morgan fingerprint density at radius 3 is 2.62 bits per heavy atom. The highest BCUT2D eigenvalue weighted by molar-refractivity contribution is 5.82. The number of carbonyl (C=O) groups is 1. The Kier molecular flexibility index (Phi) is 3.31. The van der Waals surface area contributed by atoms with Crippen LogP contribution in [0.4, 0.5) is 0 Å². The van der Waals surface area contributed by atoms with Gasteiger partial charge in [-0.15, -0.1) is 0 Å². The second kappa shape index (κ2) is 4.09. The second-order valence-electron chi connectivity index (χ2n) is 4.53. The molecule has 1 saturated carbocycles. The van der Waals surface area contributed by atoms with Crippen LogP contribution in [0.1, 0.15) is 33.1 Å². The fourth-order valence-electron chi connectivity index (χ4n) is 1.52. The van der Waals surface area contributed by atoms with Gasteiger partial charge in [-0.1, -0.05) is 13.8 Å². The summed E-state index contributed by atoms with van der Waals surface area (Å²) in [6.45, 7) is 5.77. The molecular weight excluding hydrogens is 164 g/mol. The predicted molar refractivity (Wildman–Crippen MR) is 53.2 cm³/mol. The third-order valence-corrected chi connectivity index (χ3v) is 2.76. The van der Waals surface area contributed by atoms with Crippen LogP contribution in [0, 0.1) is 11.3 Å². The third-order valence-electron chi connectivity index (χ3n) is 2.76. The number of rotatable bonds is 5. The summed E-state index contributed by atoms with van der Waals surface area (Å²) in [7, 11) is 0. The van der Waals surface area contributed by atoms with Crippen LogP contribution in [0.25, 0.3) is 0 Å². The highest BCUT2D eigenvalue weighted by Crippen LogP contribution is 2.51. The summed E-state index contributed by atoms with van der Waals surface area (Å²) in [5.74, 6) is 0.479. The molecule has 1 unspecified atom stereocenters. The van der Waals surface area contributed by atoms with E-state index < -0.39 is 0 Å². The van der Waals surface area contributed by atoms with Gasteiger partial charge in [0.05, 0.1) is 0 Å². The summed E-state index contributed by atoms with van der Waals surface area (Å²) in [6.07, 6.45) is 3.03. The average molecular weight is 184 g/mol. The molecule has 0 radical (unpaired) electrons. The SMILES string of the molecule is CC1(C)CC1C(=O)NCCCCN. The molecular formula is C10H20N2O. The maximum atomic E-state index is 11.4. The Hall–Kier alpha value is -0.570. The van der Waals surface area contributed by atoms with Crippen molar-refractivity contribution < 1.29 is 4.79 Å². The smallest absolute Gasteiger partial charge is 0.223 e. The van der Waals surface area contributed by atoms with Crippen molar-refractivity contribution in [2.75, 3.05) is 13.1 Å². The molecule has 1 aliphatic rings. The Bertz CT molecular complexity index is 189. The quantitative estimate of drug-likeness (QED) is 0.623. The molecule has 76 valence electrons. The zero-order chi connectivity index (χ0) is 9.90. The molecule has 0 aromatic rings. The Morgan fingerprint density at radius 2 is 2.15 bits per heavy atom. The largest absolute Gasteiger partial charge is 0.356 e. The van der Waals surface area contributed by atoms with Gasteiger partial charge in [0.1, 0.15) is 0 Å². The van der Waals surface area contributed by atoms with E-state index >= 15 is 0 Å². The van der Waals surface area contributed by atoms with Crippen molar-refractivity contribution in [1.29, 1.82) is 0 Å². The second-order valence-corrected chi connectivity index (χ2v) is 4.53. The molecule has 0 saturated heterocycles. The number of nitrogens with one attached hydrogen (secondary N) is 1. The van der Waals surface area contributed by atoms with Crippen molar-refractivity contribution in [2.24, 2.45) is 17.1 Å². The molecule has 1 aliphatic carbocycles. The van der Waals surface area contributed by atoms with Gasteiger partial charge in [0.2, 0.25) is 5.91 Å². The molecule has 1 amide bonds. The molecule has 0 spiro atoms. The first-order valence-electron chi connectivity index (χ1n) is 5.06. The highest BCUT2D eigenvalue weighted by Gasteiger charge is 2.50. The van der Waals surface area contributed by atoms with Crippen molar-refractivity contribution in [2.45, 2.75) is 33.1 Å². The number of hydrogen-bond donors (Lipinski definition) is 2. The van der Waals surface area contributed by atoms with Crippen LogP contribution in [0.15, 0.2) is 0 Å². The van der Waals surface area contributed by atoms with E-state index in [9.17, 15) is 4.79 Å². The number of hydrogen-bond acceptors (Lipinski definition) is 2. The van der Waals surface area contributed by atoms with Gasteiger partial charge in [-0.25, -0.2) is 0 Å².